The molecule has 8 nitrogen and oxygen atoms in total. The van der Waals surface area contributed by atoms with Crippen LogP contribution in [0.2, 0.25) is 0 Å². The van der Waals surface area contributed by atoms with E-state index in [1.165, 1.54) is 41.3 Å². The number of nitrogens with zero attached hydrogens (tertiary/aromatic N) is 1. The van der Waals surface area contributed by atoms with Crippen molar-refractivity contribution in [2.45, 2.75) is 19.3 Å². The van der Waals surface area contributed by atoms with Crippen molar-refractivity contribution in [1.82, 2.24) is 5.32 Å². The molecule has 0 heterocycles. The van der Waals surface area contributed by atoms with Gasteiger partial charge in [-0.3, -0.25) is 14.5 Å². The SMILES string of the molecule is O=C(O)CCNC(=O)c1ccc(N(Cc2ccc(Br)cc2)C(=O)Oc2ccc(OC(F)(F)F)cc2)cc1. The number of amides is 2. The van der Waals surface area contributed by atoms with Crippen LogP contribution in [0, 0.1) is 0 Å². The lowest BCUT2D eigenvalue weighted by atomic mass is 10.1. The summed E-state index contributed by atoms with van der Waals surface area (Å²) >= 11 is 3.34. The molecule has 0 fully saturated rings. The van der Waals surface area contributed by atoms with Crippen LogP contribution < -0.4 is 19.7 Å². The number of rotatable bonds is 9. The Morgan fingerprint density at radius 3 is 2.05 bits per heavy atom. The first kappa shape index (κ1) is 27.5. The van der Waals surface area contributed by atoms with E-state index in [0.29, 0.717) is 5.69 Å². The van der Waals surface area contributed by atoms with Crippen molar-refractivity contribution in [3.63, 3.8) is 0 Å². The largest absolute Gasteiger partial charge is 0.573 e. The van der Waals surface area contributed by atoms with E-state index in [-0.39, 0.29) is 30.8 Å². The summed E-state index contributed by atoms with van der Waals surface area (Å²) in [6.45, 7) is 0.0519. The Morgan fingerprint density at radius 1 is 0.892 bits per heavy atom. The van der Waals surface area contributed by atoms with Crippen molar-refractivity contribution in [1.29, 1.82) is 0 Å². The van der Waals surface area contributed by atoms with Crippen LogP contribution in [0.5, 0.6) is 11.5 Å². The summed E-state index contributed by atoms with van der Waals surface area (Å²) in [5.41, 5.74) is 1.39. The van der Waals surface area contributed by atoms with Crippen LogP contribution in [0.4, 0.5) is 23.7 Å². The molecule has 0 saturated heterocycles. The molecular weight excluding hydrogens is 561 g/mol. The van der Waals surface area contributed by atoms with Gasteiger partial charge in [0.25, 0.3) is 5.91 Å². The highest BCUT2D eigenvalue weighted by molar-refractivity contribution is 9.10. The number of alkyl halides is 3. The predicted octanol–water partition coefficient (Wildman–Crippen LogP) is 5.76. The maximum absolute atomic E-state index is 13.1. The van der Waals surface area contributed by atoms with Crippen molar-refractivity contribution in [3.05, 3.63) is 88.4 Å². The smallest absolute Gasteiger partial charge is 0.481 e. The number of benzene rings is 3. The lowest BCUT2D eigenvalue weighted by Gasteiger charge is -2.23. The molecule has 0 spiro atoms. The normalized spacial score (nSPS) is 10.9. The van der Waals surface area contributed by atoms with E-state index < -0.39 is 30.1 Å². The van der Waals surface area contributed by atoms with Gasteiger partial charge in [0.1, 0.15) is 11.5 Å². The number of hydrogen-bond acceptors (Lipinski definition) is 5. The average molecular weight is 581 g/mol. The minimum absolute atomic E-state index is 0.00485. The zero-order valence-electron chi connectivity index (χ0n) is 19.0. The number of anilines is 1. The third-order valence-corrected chi connectivity index (χ3v) is 5.33. The second-order valence-corrected chi connectivity index (χ2v) is 8.46. The molecule has 0 saturated carbocycles. The zero-order valence-corrected chi connectivity index (χ0v) is 20.6. The summed E-state index contributed by atoms with van der Waals surface area (Å²) < 4.78 is 47.2. The van der Waals surface area contributed by atoms with Crippen molar-refractivity contribution in [2.24, 2.45) is 0 Å². The van der Waals surface area contributed by atoms with Crippen LogP contribution in [0.1, 0.15) is 22.3 Å². The van der Waals surface area contributed by atoms with Gasteiger partial charge in [0.2, 0.25) is 0 Å². The van der Waals surface area contributed by atoms with Crippen LogP contribution >= 0.6 is 15.9 Å². The monoisotopic (exact) mass is 580 g/mol. The Kier molecular flexibility index (Phi) is 9.12. The number of aliphatic carboxylic acids is 1. The van der Waals surface area contributed by atoms with Crippen molar-refractivity contribution in [3.8, 4) is 11.5 Å². The van der Waals surface area contributed by atoms with Gasteiger partial charge in [0.15, 0.2) is 0 Å². The molecule has 0 aliphatic heterocycles. The van der Waals surface area contributed by atoms with E-state index in [2.05, 4.69) is 26.0 Å². The van der Waals surface area contributed by atoms with Gasteiger partial charge in [0, 0.05) is 22.3 Å². The second kappa shape index (κ2) is 12.3. The van der Waals surface area contributed by atoms with E-state index in [9.17, 15) is 27.6 Å². The number of hydrogen-bond donors (Lipinski definition) is 2. The van der Waals surface area contributed by atoms with Crippen LogP contribution in [-0.2, 0) is 11.3 Å². The molecule has 0 radical (unpaired) electrons. The van der Waals surface area contributed by atoms with Gasteiger partial charge >= 0.3 is 18.4 Å². The summed E-state index contributed by atoms with van der Waals surface area (Å²) in [4.78, 5) is 37.2. The predicted molar refractivity (Wildman–Crippen MR) is 131 cm³/mol. The number of halogens is 4. The lowest BCUT2D eigenvalue weighted by molar-refractivity contribution is -0.274. The molecular formula is C25H20BrF3N2O6. The molecule has 2 N–H and O–H groups in total. The molecule has 0 aliphatic rings. The van der Waals surface area contributed by atoms with Crippen LogP contribution in [0.25, 0.3) is 0 Å². The van der Waals surface area contributed by atoms with E-state index in [0.717, 1.165) is 22.2 Å². The molecule has 194 valence electrons. The minimum Gasteiger partial charge on any atom is -0.481 e. The van der Waals surface area contributed by atoms with Gasteiger partial charge in [0.05, 0.1) is 13.0 Å². The molecule has 0 atom stereocenters. The first-order valence-corrected chi connectivity index (χ1v) is 11.5. The third-order valence-electron chi connectivity index (χ3n) is 4.80. The Bertz CT molecular complexity index is 1230. The maximum atomic E-state index is 13.1. The van der Waals surface area contributed by atoms with E-state index in [4.69, 9.17) is 9.84 Å². The van der Waals surface area contributed by atoms with Gasteiger partial charge in [-0.2, -0.15) is 0 Å². The number of carboxylic acids is 1. The topological polar surface area (TPSA) is 105 Å². The zero-order chi connectivity index (χ0) is 27.0. The lowest BCUT2D eigenvalue weighted by Crippen LogP contribution is -2.33. The quantitative estimate of drug-likeness (QED) is 0.333. The fourth-order valence-corrected chi connectivity index (χ4v) is 3.34. The van der Waals surface area contributed by atoms with E-state index >= 15 is 0 Å². The van der Waals surface area contributed by atoms with Crippen LogP contribution in [-0.4, -0.2) is 36.0 Å². The fourth-order valence-electron chi connectivity index (χ4n) is 3.08. The number of carbonyl (C=O) groups excluding carboxylic acids is 2. The van der Waals surface area contributed by atoms with E-state index in [1.54, 1.807) is 24.3 Å². The molecule has 3 aromatic carbocycles. The van der Waals surface area contributed by atoms with Gasteiger partial charge in [-0.15, -0.1) is 13.2 Å². The minimum atomic E-state index is -4.85. The average Bonchev–Trinajstić information content (AvgIpc) is 2.84. The molecule has 0 unspecified atom stereocenters. The van der Waals surface area contributed by atoms with Gasteiger partial charge < -0.3 is 19.9 Å². The third kappa shape index (κ3) is 8.83. The molecule has 2 amide bonds. The van der Waals surface area contributed by atoms with E-state index in [1.807, 2.05) is 0 Å². The first-order chi connectivity index (χ1) is 17.5. The van der Waals surface area contributed by atoms with Crippen LogP contribution in [0.3, 0.4) is 0 Å². The molecule has 0 aliphatic carbocycles. The Balaban J connectivity index is 1.78. The molecule has 0 aromatic heterocycles. The summed E-state index contributed by atoms with van der Waals surface area (Å²) in [6, 6.07) is 17.5. The first-order valence-electron chi connectivity index (χ1n) is 10.7. The summed E-state index contributed by atoms with van der Waals surface area (Å²) in [7, 11) is 0. The second-order valence-electron chi connectivity index (χ2n) is 7.55. The molecule has 3 aromatic rings. The maximum Gasteiger partial charge on any atom is 0.573 e. The van der Waals surface area contributed by atoms with Gasteiger partial charge in [-0.1, -0.05) is 28.1 Å². The fraction of sp³-hybridized carbons (Fsp3) is 0.160. The van der Waals surface area contributed by atoms with Crippen molar-refractivity contribution in [2.75, 3.05) is 11.4 Å². The number of ether oxygens (including phenoxy) is 2. The van der Waals surface area contributed by atoms with Gasteiger partial charge in [-0.05, 0) is 66.2 Å². The molecule has 0 bridgehead atoms. The Hall–Kier alpha value is -4.06. The molecule has 37 heavy (non-hydrogen) atoms. The highest BCUT2D eigenvalue weighted by Gasteiger charge is 2.31. The summed E-state index contributed by atoms with van der Waals surface area (Å²) in [5.74, 6) is -1.98. The number of carbonyl (C=O) groups is 3. The van der Waals surface area contributed by atoms with Crippen molar-refractivity contribution < 1.29 is 42.1 Å². The highest BCUT2D eigenvalue weighted by atomic mass is 79.9. The number of carboxylic acid groups (broad SMARTS) is 1. The van der Waals surface area contributed by atoms with Crippen LogP contribution in [0.15, 0.2) is 77.3 Å². The molecule has 3 rings (SSSR count). The molecule has 12 heteroatoms. The van der Waals surface area contributed by atoms with Gasteiger partial charge in [-0.25, -0.2) is 4.79 Å². The Morgan fingerprint density at radius 2 is 1.49 bits per heavy atom. The highest BCUT2D eigenvalue weighted by Crippen LogP contribution is 2.26. The standard InChI is InChI=1S/C25H20BrF3N2O6/c26-18-5-1-16(2-6-18)15-31(19-7-3-17(4-8-19)23(34)30-14-13-22(32)33)24(35)36-20-9-11-21(12-10-20)37-25(27,28)29/h1-12H,13-15H2,(H,30,34)(H,32,33). The number of nitrogens with one attached hydrogen (secondary N) is 1. The summed E-state index contributed by atoms with van der Waals surface area (Å²) in [6.07, 6.45) is -5.88. The Labute approximate surface area is 217 Å². The van der Waals surface area contributed by atoms with Crippen molar-refractivity contribution >= 4 is 39.6 Å². The summed E-state index contributed by atoms with van der Waals surface area (Å²) in [5, 5.41) is 11.2.